The first-order valence-electron chi connectivity index (χ1n) is 5.15. The van der Waals surface area contributed by atoms with Crippen molar-refractivity contribution in [3.63, 3.8) is 0 Å². The molecule has 0 spiro atoms. The van der Waals surface area contributed by atoms with E-state index >= 15 is 0 Å². The Morgan fingerprint density at radius 3 is 2.41 bits per heavy atom. The Bertz CT molecular complexity index is 526. The average Bonchev–Trinajstić information content (AvgIpc) is 2.62. The van der Waals surface area contributed by atoms with Crippen molar-refractivity contribution in [2.45, 2.75) is 18.7 Å². The maximum absolute atomic E-state index is 3.79. The van der Waals surface area contributed by atoms with Crippen LogP contribution in [0.4, 0.5) is 0 Å². The first-order valence-corrected chi connectivity index (χ1v) is 8.47. The summed E-state index contributed by atoms with van der Waals surface area (Å²) in [6.07, 6.45) is 0. The molecule has 1 aromatic heterocycles. The summed E-state index contributed by atoms with van der Waals surface area (Å²) in [7, 11) is 0. The standard InChI is InChI=1S/C13H11Br3S/c1-7-4-3-5-9(11(7)14)12(15)10-6-8(2)13(16)17-10/h3-6,12H,1-2H3. The van der Waals surface area contributed by atoms with Crippen molar-refractivity contribution in [1.29, 1.82) is 0 Å². The third-order valence-electron chi connectivity index (χ3n) is 2.62. The minimum absolute atomic E-state index is 0.242. The molecule has 0 fully saturated rings. The second-order valence-corrected chi connectivity index (χ2v) is 8.06. The highest BCUT2D eigenvalue weighted by Gasteiger charge is 2.17. The fourth-order valence-electron chi connectivity index (χ4n) is 1.63. The lowest BCUT2D eigenvalue weighted by atomic mass is 10.1. The highest BCUT2D eigenvalue weighted by molar-refractivity contribution is 9.11. The van der Waals surface area contributed by atoms with Crippen LogP contribution in [0.25, 0.3) is 0 Å². The van der Waals surface area contributed by atoms with Crippen LogP contribution in [0.1, 0.15) is 26.4 Å². The van der Waals surface area contributed by atoms with Gasteiger partial charge < -0.3 is 0 Å². The molecule has 17 heavy (non-hydrogen) atoms. The van der Waals surface area contributed by atoms with Crippen molar-refractivity contribution >= 4 is 59.1 Å². The van der Waals surface area contributed by atoms with E-state index in [1.54, 1.807) is 11.3 Å². The van der Waals surface area contributed by atoms with Crippen LogP contribution in [0, 0.1) is 13.8 Å². The lowest BCUT2D eigenvalue weighted by Gasteiger charge is -2.12. The van der Waals surface area contributed by atoms with E-state index in [1.165, 1.54) is 29.8 Å². The molecule has 0 nitrogen and oxygen atoms in total. The first-order chi connectivity index (χ1) is 8.00. The molecule has 0 N–H and O–H groups in total. The van der Waals surface area contributed by atoms with Gasteiger partial charge in [0.1, 0.15) is 0 Å². The van der Waals surface area contributed by atoms with Gasteiger partial charge in [0.15, 0.2) is 0 Å². The molecule has 4 heteroatoms. The normalized spacial score (nSPS) is 12.8. The molecule has 1 heterocycles. The molecule has 0 aliphatic carbocycles. The number of hydrogen-bond acceptors (Lipinski definition) is 1. The first kappa shape index (κ1) is 13.8. The van der Waals surface area contributed by atoms with Gasteiger partial charge in [-0.15, -0.1) is 11.3 Å². The largest absolute Gasteiger partial charge is 0.131 e. The second-order valence-electron chi connectivity index (χ2n) is 3.95. The van der Waals surface area contributed by atoms with Crippen molar-refractivity contribution in [2.75, 3.05) is 0 Å². The van der Waals surface area contributed by atoms with Gasteiger partial charge in [0.2, 0.25) is 0 Å². The van der Waals surface area contributed by atoms with Gasteiger partial charge in [0.25, 0.3) is 0 Å². The molecule has 1 unspecified atom stereocenters. The van der Waals surface area contributed by atoms with Crippen LogP contribution in [-0.2, 0) is 0 Å². The summed E-state index contributed by atoms with van der Waals surface area (Å²) in [4.78, 5) is 1.56. The maximum Gasteiger partial charge on any atom is 0.0749 e. The highest BCUT2D eigenvalue weighted by Crippen LogP contribution is 2.41. The summed E-state index contributed by atoms with van der Waals surface area (Å²) >= 11 is 12.8. The molecule has 2 rings (SSSR count). The van der Waals surface area contributed by atoms with E-state index in [0.717, 1.165) is 0 Å². The monoisotopic (exact) mass is 436 g/mol. The SMILES string of the molecule is Cc1cc(C(Br)c2cccc(C)c2Br)sc1Br. The Labute approximate surface area is 131 Å². The van der Waals surface area contributed by atoms with Crippen molar-refractivity contribution < 1.29 is 0 Å². The number of thiophene rings is 1. The van der Waals surface area contributed by atoms with E-state index in [0.29, 0.717) is 0 Å². The van der Waals surface area contributed by atoms with Crippen LogP contribution >= 0.6 is 59.1 Å². The van der Waals surface area contributed by atoms with Gasteiger partial charge in [0, 0.05) is 9.35 Å². The van der Waals surface area contributed by atoms with Crippen LogP contribution in [0.5, 0.6) is 0 Å². The fourth-order valence-corrected chi connectivity index (χ4v) is 4.79. The average molecular weight is 439 g/mol. The Hall–Kier alpha value is 0.360. The van der Waals surface area contributed by atoms with Crippen LogP contribution < -0.4 is 0 Å². The molecule has 1 atom stereocenters. The van der Waals surface area contributed by atoms with E-state index in [4.69, 9.17) is 0 Å². The minimum Gasteiger partial charge on any atom is -0.131 e. The quantitative estimate of drug-likeness (QED) is 0.477. The Kier molecular flexibility index (Phi) is 4.50. The molecule has 0 saturated heterocycles. The lowest BCUT2D eigenvalue weighted by molar-refractivity contribution is 1.18. The van der Waals surface area contributed by atoms with Gasteiger partial charge >= 0.3 is 0 Å². The van der Waals surface area contributed by atoms with E-state index in [-0.39, 0.29) is 4.83 Å². The fraction of sp³-hybridized carbons (Fsp3) is 0.231. The molecule has 0 saturated carbocycles. The van der Waals surface area contributed by atoms with Crippen molar-refractivity contribution in [3.05, 3.63) is 54.1 Å². The van der Waals surface area contributed by atoms with Crippen LogP contribution in [0.3, 0.4) is 0 Å². The molecule has 0 amide bonds. The molecule has 0 radical (unpaired) electrons. The van der Waals surface area contributed by atoms with E-state index in [1.807, 2.05) is 0 Å². The summed E-state index contributed by atoms with van der Waals surface area (Å²) in [5.74, 6) is 0. The Balaban J connectivity index is 2.43. The molecular weight excluding hydrogens is 428 g/mol. The number of halogens is 3. The van der Waals surface area contributed by atoms with E-state index < -0.39 is 0 Å². The summed E-state index contributed by atoms with van der Waals surface area (Å²) in [6.45, 7) is 4.23. The highest BCUT2D eigenvalue weighted by atomic mass is 79.9. The van der Waals surface area contributed by atoms with Gasteiger partial charge in [-0.25, -0.2) is 0 Å². The third-order valence-corrected chi connectivity index (χ3v) is 7.20. The summed E-state index contributed by atoms with van der Waals surface area (Å²) in [5.41, 5.74) is 3.83. The van der Waals surface area contributed by atoms with E-state index in [2.05, 4.69) is 85.9 Å². The number of hydrogen-bond donors (Lipinski definition) is 0. The smallest absolute Gasteiger partial charge is 0.0749 e. The zero-order valence-electron chi connectivity index (χ0n) is 9.43. The summed E-state index contributed by atoms with van der Waals surface area (Å²) in [6, 6.07) is 8.59. The molecule has 90 valence electrons. The van der Waals surface area contributed by atoms with Crippen LogP contribution in [-0.4, -0.2) is 0 Å². The zero-order valence-corrected chi connectivity index (χ0v) is 15.0. The number of aryl methyl sites for hydroxylation is 2. The molecule has 0 aliphatic heterocycles. The van der Waals surface area contributed by atoms with Gasteiger partial charge in [-0.2, -0.15) is 0 Å². The molecule has 1 aromatic carbocycles. The Morgan fingerprint density at radius 1 is 1.12 bits per heavy atom. The Morgan fingerprint density at radius 2 is 1.82 bits per heavy atom. The lowest BCUT2D eigenvalue weighted by Crippen LogP contribution is -1.92. The van der Waals surface area contributed by atoms with Crippen molar-refractivity contribution in [3.8, 4) is 0 Å². The van der Waals surface area contributed by atoms with Crippen LogP contribution in [0.15, 0.2) is 32.5 Å². The van der Waals surface area contributed by atoms with Gasteiger partial charge in [-0.1, -0.05) is 50.1 Å². The summed E-state index contributed by atoms with van der Waals surface area (Å²) < 4.78 is 2.39. The molecule has 2 aromatic rings. The second kappa shape index (κ2) is 5.55. The number of benzene rings is 1. The summed E-state index contributed by atoms with van der Waals surface area (Å²) in [5, 5.41) is 0. The van der Waals surface area contributed by atoms with Gasteiger partial charge in [-0.3, -0.25) is 0 Å². The predicted molar refractivity (Wildman–Crippen MR) is 86.4 cm³/mol. The zero-order chi connectivity index (χ0) is 12.6. The van der Waals surface area contributed by atoms with Crippen molar-refractivity contribution in [2.24, 2.45) is 0 Å². The number of rotatable bonds is 2. The molecule has 0 aliphatic rings. The van der Waals surface area contributed by atoms with E-state index in [9.17, 15) is 0 Å². The van der Waals surface area contributed by atoms with Crippen molar-refractivity contribution in [1.82, 2.24) is 0 Å². The molecule has 0 bridgehead atoms. The third kappa shape index (κ3) is 2.86. The van der Waals surface area contributed by atoms with Crippen LogP contribution in [0.2, 0.25) is 0 Å². The predicted octanol–water partition coefficient (Wildman–Crippen LogP) is 6.37. The maximum atomic E-state index is 3.79. The topological polar surface area (TPSA) is 0 Å². The minimum atomic E-state index is 0.242. The molecular formula is C13H11Br3S. The number of alkyl halides is 1. The van der Waals surface area contributed by atoms with Gasteiger partial charge in [-0.05, 0) is 52.5 Å². The van der Waals surface area contributed by atoms with Gasteiger partial charge in [0.05, 0.1) is 8.61 Å².